The van der Waals surface area contributed by atoms with Crippen LogP contribution in [0, 0.1) is 5.92 Å². The standard InChI is InChI=1S/C16H23BrN6O/c1-11(2)9-12(18)16(24)22-7-5-21(6-8-22)15-4-3-14-19-10-13(17)23(14)20-15/h3-4,10-12H,5-9,18H2,1-2H3/t12-/m0/s1. The number of halogens is 1. The first-order valence-electron chi connectivity index (χ1n) is 8.25. The van der Waals surface area contributed by atoms with Crippen LogP contribution in [0.5, 0.6) is 0 Å². The molecule has 2 N–H and O–H groups in total. The Morgan fingerprint density at radius 2 is 2.00 bits per heavy atom. The molecule has 2 aromatic rings. The van der Waals surface area contributed by atoms with Gasteiger partial charge in [-0.1, -0.05) is 13.8 Å². The normalized spacial score (nSPS) is 16.9. The van der Waals surface area contributed by atoms with E-state index < -0.39 is 6.04 Å². The van der Waals surface area contributed by atoms with Crippen molar-refractivity contribution in [1.82, 2.24) is 19.5 Å². The minimum Gasteiger partial charge on any atom is -0.352 e. The number of carbonyl (C=O) groups excluding carboxylic acids is 1. The topological polar surface area (TPSA) is 79.8 Å². The monoisotopic (exact) mass is 394 g/mol. The predicted molar refractivity (Wildman–Crippen MR) is 96.9 cm³/mol. The molecule has 1 fully saturated rings. The highest BCUT2D eigenvalue weighted by molar-refractivity contribution is 9.10. The molecule has 1 atom stereocenters. The van der Waals surface area contributed by atoms with Crippen LogP contribution in [0.25, 0.3) is 5.65 Å². The lowest BCUT2D eigenvalue weighted by atomic mass is 10.0. The van der Waals surface area contributed by atoms with Gasteiger partial charge in [-0.2, -0.15) is 0 Å². The van der Waals surface area contributed by atoms with E-state index in [-0.39, 0.29) is 5.91 Å². The van der Waals surface area contributed by atoms with E-state index in [0.29, 0.717) is 19.0 Å². The quantitative estimate of drug-likeness (QED) is 0.849. The third-order valence-corrected chi connectivity index (χ3v) is 4.81. The molecule has 130 valence electrons. The summed E-state index contributed by atoms with van der Waals surface area (Å²) < 4.78 is 2.60. The minimum atomic E-state index is -0.395. The fourth-order valence-electron chi connectivity index (χ4n) is 3.00. The lowest BCUT2D eigenvalue weighted by Crippen LogP contribution is -2.53. The summed E-state index contributed by atoms with van der Waals surface area (Å²) in [5.41, 5.74) is 6.83. The van der Waals surface area contributed by atoms with E-state index >= 15 is 0 Å². The number of carbonyl (C=O) groups is 1. The van der Waals surface area contributed by atoms with Crippen LogP contribution in [0.1, 0.15) is 20.3 Å². The Balaban J connectivity index is 1.63. The van der Waals surface area contributed by atoms with E-state index in [0.717, 1.165) is 35.6 Å². The van der Waals surface area contributed by atoms with Crippen LogP contribution in [0.15, 0.2) is 22.9 Å². The second kappa shape index (κ2) is 7.06. The van der Waals surface area contributed by atoms with Crippen LogP contribution in [0.2, 0.25) is 0 Å². The molecule has 0 spiro atoms. The average molecular weight is 395 g/mol. The molecule has 1 amide bonds. The van der Waals surface area contributed by atoms with Gasteiger partial charge in [0.2, 0.25) is 5.91 Å². The molecule has 2 aromatic heterocycles. The molecule has 0 saturated carbocycles. The van der Waals surface area contributed by atoms with Crippen molar-refractivity contribution in [1.29, 1.82) is 0 Å². The maximum Gasteiger partial charge on any atom is 0.239 e. The third-order valence-electron chi connectivity index (χ3n) is 4.26. The third kappa shape index (κ3) is 3.54. The summed E-state index contributed by atoms with van der Waals surface area (Å²) in [4.78, 5) is 20.7. The van der Waals surface area contributed by atoms with Gasteiger partial charge in [0.15, 0.2) is 5.65 Å². The van der Waals surface area contributed by atoms with Crippen LogP contribution < -0.4 is 10.6 Å². The molecular formula is C16H23BrN6O. The highest BCUT2D eigenvalue weighted by Crippen LogP contribution is 2.18. The maximum absolute atomic E-state index is 12.4. The highest BCUT2D eigenvalue weighted by atomic mass is 79.9. The van der Waals surface area contributed by atoms with Gasteiger partial charge in [-0.3, -0.25) is 4.79 Å². The average Bonchev–Trinajstić information content (AvgIpc) is 2.94. The van der Waals surface area contributed by atoms with Crippen LogP contribution >= 0.6 is 15.9 Å². The highest BCUT2D eigenvalue weighted by Gasteiger charge is 2.26. The molecule has 1 aliphatic rings. The van der Waals surface area contributed by atoms with E-state index in [4.69, 9.17) is 5.73 Å². The summed E-state index contributed by atoms with van der Waals surface area (Å²) >= 11 is 3.44. The Hall–Kier alpha value is -1.67. The Morgan fingerprint density at radius 1 is 1.29 bits per heavy atom. The fraction of sp³-hybridized carbons (Fsp3) is 0.562. The van der Waals surface area contributed by atoms with Gasteiger partial charge < -0.3 is 15.5 Å². The van der Waals surface area contributed by atoms with Crippen LogP contribution in [-0.4, -0.2) is 57.6 Å². The molecule has 0 radical (unpaired) electrons. The molecule has 3 rings (SSSR count). The Bertz CT molecular complexity index is 722. The Morgan fingerprint density at radius 3 is 2.67 bits per heavy atom. The number of aromatic nitrogens is 3. The van der Waals surface area contributed by atoms with Crippen molar-refractivity contribution in [2.75, 3.05) is 31.1 Å². The number of anilines is 1. The van der Waals surface area contributed by atoms with Crippen molar-refractivity contribution in [3.63, 3.8) is 0 Å². The summed E-state index contributed by atoms with van der Waals surface area (Å²) in [6.07, 6.45) is 2.46. The van der Waals surface area contributed by atoms with Crippen LogP contribution in [0.4, 0.5) is 5.82 Å². The molecule has 8 heteroatoms. The molecule has 1 saturated heterocycles. The molecule has 1 aliphatic heterocycles. The van der Waals surface area contributed by atoms with Crippen molar-refractivity contribution in [3.8, 4) is 0 Å². The number of nitrogens with zero attached hydrogens (tertiary/aromatic N) is 5. The van der Waals surface area contributed by atoms with Gasteiger partial charge in [-0.25, -0.2) is 9.50 Å². The molecule has 0 aliphatic carbocycles. The second-order valence-corrected chi connectivity index (χ2v) is 7.40. The summed E-state index contributed by atoms with van der Waals surface area (Å²) in [6.45, 7) is 7.03. The first-order chi connectivity index (χ1) is 11.5. The van der Waals surface area contributed by atoms with E-state index in [1.54, 1.807) is 10.7 Å². The van der Waals surface area contributed by atoms with E-state index in [1.807, 2.05) is 17.0 Å². The summed E-state index contributed by atoms with van der Waals surface area (Å²) in [5, 5.41) is 4.61. The maximum atomic E-state index is 12.4. The molecule has 7 nitrogen and oxygen atoms in total. The molecule has 0 bridgehead atoms. The number of nitrogens with two attached hydrogens (primary N) is 1. The SMILES string of the molecule is CC(C)C[C@H](N)C(=O)N1CCN(c2ccc3ncc(Br)n3n2)CC1. The van der Waals surface area contributed by atoms with Gasteiger partial charge >= 0.3 is 0 Å². The Labute approximate surface area is 149 Å². The van der Waals surface area contributed by atoms with Gasteiger partial charge in [-0.15, -0.1) is 5.10 Å². The Kier molecular flexibility index (Phi) is 5.05. The predicted octanol–water partition coefficient (Wildman–Crippen LogP) is 1.51. The summed E-state index contributed by atoms with van der Waals surface area (Å²) in [5.74, 6) is 1.37. The second-order valence-electron chi connectivity index (χ2n) is 6.59. The molecule has 24 heavy (non-hydrogen) atoms. The zero-order chi connectivity index (χ0) is 17.3. The van der Waals surface area contributed by atoms with Crippen molar-refractivity contribution in [2.45, 2.75) is 26.3 Å². The van der Waals surface area contributed by atoms with Gasteiger partial charge in [0.1, 0.15) is 10.4 Å². The van der Waals surface area contributed by atoms with Gasteiger partial charge in [-0.05, 0) is 40.4 Å². The smallest absolute Gasteiger partial charge is 0.239 e. The van der Waals surface area contributed by atoms with Gasteiger partial charge in [0.25, 0.3) is 0 Å². The zero-order valence-corrected chi connectivity index (χ0v) is 15.6. The molecule has 0 aromatic carbocycles. The first-order valence-corrected chi connectivity index (χ1v) is 9.04. The lowest BCUT2D eigenvalue weighted by molar-refractivity contribution is -0.133. The molecule has 0 unspecified atom stereocenters. The van der Waals surface area contributed by atoms with Crippen molar-refractivity contribution in [3.05, 3.63) is 22.9 Å². The van der Waals surface area contributed by atoms with E-state index in [1.165, 1.54) is 0 Å². The van der Waals surface area contributed by atoms with E-state index in [9.17, 15) is 4.79 Å². The zero-order valence-electron chi connectivity index (χ0n) is 14.0. The fourth-order valence-corrected chi connectivity index (χ4v) is 3.37. The minimum absolute atomic E-state index is 0.0594. The summed E-state index contributed by atoms with van der Waals surface area (Å²) in [6, 6.07) is 3.52. The van der Waals surface area contributed by atoms with Crippen molar-refractivity contribution < 1.29 is 4.79 Å². The van der Waals surface area contributed by atoms with Crippen LogP contribution in [-0.2, 0) is 4.79 Å². The van der Waals surface area contributed by atoms with Gasteiger partial charge in [0, 0.05) is 26.2 Å². The van der Waals surface area contributed by atoms with Crippen LogP contribution in [0.3, 0.4) is 0 Å². The molecular weight excluding hydrogens is 372 g/mol. The summed E-state index contributed by atoms with van der Waals surface area (Å²) in [7, 11) is 0. The lowest BCUT2D eigenvalue weighted by Gasteiger charge is -2.36. The number of imidazole rings is 1. The van der Waals surface area contributed by atoms with E-state index in [2.05, 4.69) is 44.8 Å². The number of amides is 1. The first kappa shape index (κ1) is 17.2. The van der Waals surface area contributed by atoms with Crippen molar-refractivity contribution >= 4 is 33.3 Å². The number of piperazine rings is 1. The number of hydrogen-bond donors (Lipinski definition) is 1. The van der Waals surface area contributed by atoms with Gasteiger partial charge in [0.05, 0.1) is 12.2 Å². The largest absolute Gasteiger partial charge is 0.352 e. The molecule has 3 heterocycles. The number of rotatable bonds is 4. The number of fused-ring (bicyclic) bond motifs is 1. The number of hydrogen-bond acceptors (Lipinski definition) is 5. The van der Waals surface area contributed by atoms with Crippen molar-refractivity contribution in [2.24, 2.45) is 11.7 Å².